The Bertz CT molecular complexity index is 814. The van der Waals surface area contributed by atoms with E-state index in [1.807, 2.05) is 31.2 Å². The molecule has 12 atom stereocenters. The first kappa shape index (κ1) is 27.1. The molecule has 0 saturated carbocycles. The first-order valence-corrected chi connectivity index (χ1v) is 12.2. The number of hydrogen-bond acceptors (Lipinski definition) is 13. The molecule has 3 aliphatic heterocycles. The monoisotopic (exact) mass is 520 g/mol. The van der Waals surface area contributed by atoms with Gasteiger partial charge < -0.3 is 59.4 Å². The summed E-state index contributed by atoms with van der Waals surface area (Å²) in [6.45, 7) is 0.990. The number of aliphatic hydroxyl groups is 7. The van der Waals surface area contributed by atoms with Crippen LogP contribution in [0, 0.1) is 6.92 Å². The van der Waals surface area contributed by atoms with E-state index < -0.39 is 79.6 Å². The molecule has 1 aromatic carbocycles. The van der Waals surface area contributed by atoms with Gasteiger partial charge in [0.1, 0.15) is 60.4 Å². The highest BCUT2D eigenvalue weighted by atomic mass is 32.2. The predicted octanol–water partition coefficient (Wildman–Crippen LogP) is -2.55. The first-order valence-electron chi connectivity index (χ1n) is 11.3. The molecule has 0 unspecified atom stereocenters. The molecule has 12 nitrogen and oxygen atoms in total. The van der Waals surface area contributed by atoms with Crippen molar-refractivity contribution in [2.45, 2.75) is 84.8 Å². The lowest BCUT2D eigenvalue weighted by Crippen LogP contribution is -2.60. The zero-order chi connectivity index (χ0) is 25.3. The van der Waals surface area contributed by atoms with Crippen molar-refractivity contribution >= 4 is 11.8 Å². The summed E-state index contributed by atoms with van der Waals surface area (Å²) in [4.78, 5) is 0.828. The average molecular weight is 521 g/mol. The highest BCUT2D eigenvalue weighted by molar-refractivity contribution is 7.99. The lowest BCUT2D eigenvalue weighted by molar-refractivity contribution is -0.323. The maximum absolute atomic E-state index is 11.1. The number of thioether (sulfide) groups is 1. The van der Waals surface area contributed by atoms with Crippen molar-refractivity contribution in [1.29, 1.82) is 0 Å². The molecule has 0 aliphatic carbocycles. The SMILES string of the molecule is Cc1ccc(S[C@@H]2OC[C@@H](O[C@@H]3OC[C@@H](O)[C@H](O)[C@H]3O)[C@H](O[C@@H]3O[C@@H](CO)[C@H](O)[C@H]3O)[C@H]2O)cc1. The van der Waals surface area contributed by atoms with Crippen molar-refractivity contribution in [2.24, 2.45) is 0 Å². The molecule has 0 spiro atoms. The summed E-state index contributed by atoms with van der Waals surface area (Å²) >= 11 is 1.24. The molecule has 0 aromatic heterocycles. The standard InChI is InChI=1S/C22H32O12S/c1-9-2-4-10(5-3-9)35-22-18(29)19(34-21-17(28)15(26)12(6-23)32-21)13(8-31-22)33-20-16(27)14(25)11(24)7-30-20/h2-5,11-29H,6-8H2,1H3/t11-,12+,13-,14+,15+,16-,17-,18-,19+,20+,21+,22+/m1/s1. The van der Waals surface area contributed by atoms with Gasteiger partial charge in [0.05, 0.1) is 19.8 Å². The molecule has 3 fully saturated rings. The van der Waals surface area contributed by atoms with E-state index in [0.29, 0.717) is 0 Å². The molecule has 0 bridgehead atoms. The fourth-order valence-electron chi connectivity index (χ4n) is 4.10. The largest absolute Gasteiger partial charge is 0.394 e. The number of ether oxygens (including phenoxy) is 5. The van der Waals surface area contributed by atoms with Crippen molar-refractivity contribution in [3.05, 3.63) is 29.8 Å². The third-order valence-electron chi connectivity index (χ3n) is 6.23. The zero-order valence-corrected chi connectivity index (χ0v) is 19.8. The van der Waals surface area contributed by atoms with Crippen molar-refractivity contribution in [2.75, 3.05) is 19.8 Å². The fourth-order valence-corrected chi connectivity index (χ4v) is 5.10. The third kappa shape index (κ3) is 5.99. The van der Waals surface area contributed by atoms with E-state index in [4.69, 9.17) is 23.7 Å². The Morgan fingerprint density at radius 1 is 0.829 bits per heavy atom. The van der Waals surface area contributed by atoms with E-state index in [2.05, 4.69) is 0 Å². The maximum Gasteiger partial charge on any atom is 0.187 e. The van der Waals surface area contributed by atoms with Crippen molar-refractivity contribution < 1.29 is 59.4 Å². The van der Waals surface area contributed by atoms with Crippen molar-refractivity contribution in [3.8, 4) is 0 Å². The van der Waals surface area contributed by atoms with E-state index >= 15 is 0 Å². The highest BCUT2D eigenvalue weighted by Crippen LogP contribution is 2.36. The summed E-state index contributed by atoms with van der Waals surface area (Å²) in [5.74, 6) is 0. The van der Waals surface area contributed by atoms with Crippen LogP contribution in [0.4, 0.5) is 0 Å². The Kier molecular flexibility index (Phi) is 9.03. The van der Waals surface area contributed by atoms with Crippen molar-refractivity contribution in [1.82, 2.24) is 0 Å². The summed E-state index contributed by atoms with van der Waals surface area (Å²) in [7, 11) is 0. The summed E-state index contributed by atoms with van der Waals surface area (Å²) in [5, 5.41) is 70.8. The molecular formula is C22H32O12S. The van der Waals surface area contributed by atoms with Gasteiger partial charge in [-0.15, -0.1) is 0 Å². The Balaban J connectivity index is 1.50. The first-order chi connectivity index (χ1) is 16.7. The minimum Gasteiger partial charge on any atom is -0.394 e. The second kappa shape index (κ2) is 11.6. The zero-order valence-electron chi connectivity index (χ0n) is 18.9. The molecule has 7 N–H and O–H groups in total. The smallest absolute Gasteiger partial charge is 0.187 e. The van der Waals surface area contributed by atoms with E-state index in [-0.39, 0.29) is 13.2 Å². The Hall–Kier alpha value is -0.910. The molecule has 3 aliphatic rings. The van der Waals surface area contributed by atoms with Gasteiger partial charge in [-0.1, -0.05) is 29.5 Å². The number of aliphatic hydroxyl groups excluding tert-OH is 7. The second-order valence-electron chi connectivity index (χ2n) is 8.86. The van der Waals surface area contributed by atoms with Gasteiger partial charge in [0, 0.05) is 4.90 Å². The summed E-state index contributed by atoms with van der Waals surface area (Å²) < 4.78 is 28.1. The molecule has 4 rings (SSSR count). The van der Waals surface area contributed by atoms with Crippen LogP contribution in [-0.2, 0) is 23.7 Å². The van der Waals surface area contributed by atoms with Gasteiger partial charge in [-0.2, -0.15) is 0 Å². The van der Waals surface area contributed by atoms with Gasteiger partial charge in [0.2, 0.25) is 0 Å². The minimum atomic E-state index is -1.58. The van der Waals surface area contributed by atoms with Crippen LogP contribution in [0.2, 0.25) is 0 Å². The number of benzene rings is 1. The molecule has 0 radical (unpaired) electrons. The van der Waals surface area contributed by atoms with Crippen LogP contribution in [-0.4, -0.2) is 129 Å². The second-order valence-corrected chi connectivity index (χ2v) is 10.0. The van der Waals surface area contributed by atoms with Gasteiger partial charge in [-0.3, -0.25) is 0 Å². The van der Waals surface area contributed by atoms with E-state index in [1.165, 1.54) is 11.8 Å². The normalized spacial score (nSPS) is 44.5. The Morgan fingerprint density at radius 2 is 1.51 bits per heavy atom. The quantitative estimate of drug-likeness (QED) is 0.199. The highest BCUT2D eigenvalue weighted by Gasteiger charge is 2.50. The molecule has 3 heterocycles. The topological polar surface area (TPSA) is 188 Å². The van der Waals surface area contributed by atoms with Crippen LogP contribution in [0.5, 0.6) is 0 Å². The Morgan fingerprint density at radius 3 is 2.17 bits per heavy atom. The predicted molar refractivity (Wildman–Crippen MR) is 118 cm³/mol. The maximum atomic E-state index is 11.1. The van der Waals surface area contributed by atoms with Gasteiger partial charge in [0.25, 0.3) is 0 Å². The van der Waals surface area contributed by atoms with Gasteiger partial charge in [-0.25, -0.2) is 0 Å². The molecule has 198 valence electrons. The number of hydrogen-bond donors (Lipinski definition) is 7. The molecule has 0 amide bonds. The number of rotatable bonds is 7. The third-order valence-corrected chi connectivity index (χ3v) is 7.42. The van der Waals surface area contributed by atoms with E-state index in [1.54, 1.807) is 0 Å². The summed E-state index contributed by atoms with van der Waals surface area (Å²) in [6.07, 6.45) is -14.7. The number of aryl methyl sites for hydroxylation is 1. The van der Waals surface area contributed by atoms with Crippen LogP contribution in [0.1, 0.15) is 5.56 Å². The minimum absolute atomic E-state index is 0.120. The molecule has 3 saturated heterocycles. The molecule has 35 heavy (non-hydrogen) atoms. The van der Waals surface area contributed by atoms with Gasteiger partial charge in [-0.05, 0) is 19.1 Å². The van der Waals surface area contributed by atoms with E-state index in [9.17, 15) is 35.7 Å². The van der Waals surface area contributed by atoms with Gasteiger partial charge in [0.15, 0.2) is 12.6 Å². The van der Waals surface area contributed by atoms with Crippen LogP contribution < -0.4 is 0 Å². The lowest BCUT2D eigenvalue weighted by atomic mass is 10.0. The summed E-state index contributed by atoms with van der Waals surface area (Å²) in [6, 6.07) is 7.58. The molecular weight excluding hydrogens is 488 g/mol. The molecule has 1 aromatic rings. The van der Waals surface area contributed by atoms with Crippen molar-refractivity contribution in [3.63, 3.8) is 0 Å². The average Bonchev–Trinajstić information content (AvgIpc) is 3.12. The lowest BCUT2D eigenvalue weighted by Gasteiger charge is -2.43. The van der Waals surface area contributed by atoms with Crippen LogP contribution >= 0.6 is 11.8 Å². The Labute approximate surface area is 206 Å². The van der Waals surface area contributed by atoms with Gasteiger partial charge >= 0.3 is 0 Å². The summed E-state index contributed by atoms with van der Waals surface area (Å²) in [5.41, 5.74) is 0.265. The van der Waals surface area contributed by atoms with E-state index in [0.717, 1.165) is 10.5 Å². The van der Waals surface area contributed by atoms with Crippen LogP contribution in [0.25, 0.3) is 0 Å². The molecule has 13 heteroatoms. The fraction of sp³-hybridized carbons (Fsp3) is 0.727. The van der Waals surface area contributed by atoms with Crippen LogP contribution in [0.15, 0.2) is 29.2 Å². The van der Waals surface area contributed by atoms with Crippen LogP contribution in [0.3, 0.4) is 0 Å².